The zero-order chi connectivity index (χ0) is 19.2. The first-order valence-corrected chi connectivity index (χ1v) is 9.41. The Hall–Kier alpha value is -2.93. The van der Waals surface area contributed by atoms with Crippen molar-refractivity contribution >= 4 is 22.4 Å². The number of pyridine rings is 1. The van der Waals surface area contributed by atoms with Gasteiger partial charge in [-0.05, 0) is 36.8 Å². The largest absolute Gasteiger partial charge is 0.493 e. The van der Waals surface area contributed by atoms with Crippen molar-refractivity contribution < 1.29 is 14.3 Å². The van der Waals surface area contributed by atoms with Gasteiger partial charge in [-0.15, -0.1) is 11.3 Å². The lowest BCUT2D eigenvalue weighted by Crippen LogP contribution is -2.11. The van der Waals surface area contributed by atoms with Crippen LogP contribution in [0.1, 0.15) is 28.6 Å². The number of thiazole rings is 1. The summed E-state index contributed by atoms with van der Waals surface area (Å²) in [5.41, 5.74) is 2.27. The molecule has 0 aliphatic heterocycles. The smallest absolute Gasteiger partial charge is 0.259 e. The van der Waals surface area contributed by atoms with Gasteiger partial charge in [0.1, 0.15) is 0 Å². The van der Waals surface area contributed by atoms with Crippen LogP contribution in [-0.4, -0.2) is 30.1 Å². The van der Waals surface area contributed by atoms with E-state index in [9.17, 15) is 4.79 Å². The fourth-order valence-corrected chi connectivity index (χ4v) is 3.76. The summed E-state index contributed by atoms with van der Waals surface area (Å²) in [6.07, 6.45) is 5.03. The van der Waals surface area contributed by atoms with E-state index < -0.39 is 0 Å². The van der Waals surface area contributed by atoms with E-state index in [4.69, 9.17) is 9.47 Å². The van der Waals surface area contributed by atoms with Gasteiger partial charge in [0.2, 0.25) is 0 Å². The first-order chi connectivity index (χ1) is 13.2. The molecule has 2 heterocycles. The van der Waals surface area contributed by atoms with Crippen LogP contribution in [-0.2, 0) is 6.42 Å². The minimum atomic E-state index is -0.223. The average Bonchev–Trinajstić information content (AvgIpc) is 3.10. The van der Waals surface area contributed by atoms with E-state index in [-0.39, 0.29) is 5.91 Å². The normalized spacial score (nSPS) is 10.5. The minimum absolute atomic E-state index is 0.223. The molecular formula is C20H21N3O3S. The first kappa shape index (κ1) is 18.8. The van der Waals surface area contributed by atoms with Crippen LogP contribution < -0.4 is 14.8 Å². The van der Waals surface area contributed by atoms with Crippen molar-refractivity contribution in [2.45, 2.75) is 19.8 Å². The molecule has 0 atom stereocenters. The van der Waals surface area contributed by atoms with Crippen LogP contribution in [0.25, 0.3) is 11.3 Å². The number of aryl methyl sites for hydroxylation is 1. The molecule has 0 radical (unpaired) electrons. The number of anilines is 1. The molecule has 140 valence electrons. The van der Waals surface area contributed by atoms with Gasteiger partial charge >= 0.3 is 0 Å². The Balaban J connectivity index is 1.93. The molecule has 0 bridgehead atoms. The maximum absolute atomic E-state index is 12.4. The Morgan fingerprint density at radius 3 is 2.67 bits per heavy atom. The number of methoxy groups -OCH3 is 2. The summed E-state index contributed by atoms with van der Waals surface area (Å²) in [5.74, 6) is 1.09. The quantitative estimate of drug-likeness (QED) is 0.653. The number of carbonyl (C=O) groups excluding carboxylic acids is 1. The Labute approximate surface area is 162 Å². The second-order valence-electron chi connectivity index (χ2n) is 5.81. The van der Waals surface area contributed by atoms with Crippen molar-refractivity contribution in [3.8, 4) is 22.8 Å². The molecule has 0 fully saturated rings. The van der Waals surface area contributed by atoms with Crippen LogP contribution in [0.3, 0.4) is 0 Å². The van der Waals surface area contributed by atoms with E-state index in [1.54, 1.807) is 32.5 Å². The van der Waals surface area contributed by atoms with Crippen LogP contribution in [0.2, 0.25) is 0 Å². The highest BCUT2D eigenvalue weighted by Gasteiger charge is 2.17. The molecule has 1 amide bonds. The summed E-state index contributed by atoms with van der Waals surface area (Å²) in [4.78, 5) is 22.2. The predicted octanol–water partition coefficient (Wildman–Crippen LogP) is 4.43. The molecule has 0 unspecified atom stereocenters. The monoisotopic (exact) mass is 383 g/mol. The zero-order valence-electron chi connectivity index (χ0n) is 15.5. The van der Waals surface area contributed by atoms with Crippen LogP contribution >= 0.6 is 11.3 Å². The second-order valence-corrected chi connectivity index (χ2v) is 6.89. The highest BCUT2D eigenvalue weighted by Crippen LogP contribution is 2.37. The van der Waals surface area contributed by atoms with Gasteiger partial charge in [0.15, 0.2) is 16.6 Å². The molecule has 0 saturated carbocycles. The number of carbonyl (C=O) groups is 1. The summed E-state index contributed by atoms with van der Waals surface area (Å²) in [6, 6.07) is 9.16. The van der Waals surface area contributed by atoms with Gasteiger partial charge in [0.05, 0.1) is 25.5 Å². The van der Waals surface area contributed by atoms with E-state index in [2.05, 4.69) is 22.2 Å². The molecule has 0 aliphatic rings. The number of rotatable bonds is 7. The zero-order valence-corrected chi connectivity index (χ0v) is 16.3. The minimum Gasteiger partial charge on any atom is -0.493 e. The van der Waals surface area contributed by atoms with Crippen LogP contribution in [0, 0.1) is 0 Å². The molecule has 3 rings (SSSR count). The van der Waals surface area contributed by atoms with E-state index >= 15 is 0 Å². The second kappa shape index (κ2) is 8.64. The lowest BCUT2D eigenvalue weighted by Gasteiger charge is -2.09. The average molecular weight is 383 g/mol. The number of nitrogens with one attached hydrogen (secondary N) is 1. The van der Waals surface area contributed by atoms with Crippen molar-refractivity contribution in [3.05, 3.63) is 53.2 Å². The lowest BCUT2D eigenvalue weighted by molar-refractivity contribution is 0.102. The van der Waals surface area contributed by atoms with Crippen molar-refractivity contribution in [1.82, 2.24) is 9.97 Å². The Kier molecular flexibility index (Phi) is 6.03. The first-order valence-electron chi connectivity index (χ1n) is 8.59. The standard InChI is InChI=1S/C20H21N3O3S/c1-4-6-17-18(13-8-9-15(25-2)16(11-13)26-3)22-20(27-17)23-19(24)14-7-5-10-21-12-14/h5,7-12H,4,6H2,1-3H3,(H,22,23,24). The van der Waals surface area contributed by atoms with Crippen molar-refractivity contribution in [1.29, 1.82) is 0 Å². The predicted molar refractivity (Wildman–Crippen MR) is 107 cm³/mol. The number of aromatic nitrogens is 2. The molecule has 7 heteroatoms. The maximum atomic E-state index is 12.4. The maximum Gasteiger partial charge on any atom is 0.259 e. The van der Waals surface area contributed by atoms with Gasteiger partial charge < -0.3 is 9.47 Å². The number of benzene rings is 1. The molecule has 1 aromatic carbocycles. The molecule has 1 N–H and O–H groups in total. The SMILES string of the molecule is CCCc1sc(NC(=O)c2cccnc2)nc1-c1ccc(OC)c(OC)c1. The van der Waals surface area contributed by atoms with Crippen LogP contribution in [0.15, 0.2) is 42.7 Å². The summed E-state index contributed by atoms with van der Waals surface area (Å²) in [7, 11) is 3.21. The van der Waals surface area contributed by atoms with Gasteiger partial charge in [-0.2, -0.15) is 0 Å². The fourth-order valence-electron chi connectivity index (χ4n) is 2.68. The highest BCUT2D eigenvalue weighted by molar-refractivity contribution is 7.16. The van der Waals surface area contributed by atoms with Crippen molar-refractivity contribution in [2.75, 3.05) is 19.5 Å². The van der Waals surface area contributed by atoms with Crippen molar-refractivity contribution in [3.63, 3.8) is 0 Å². The number of hydrogen-bond donors (Lipinski definition) is 1. The summed E-state index contributed by atoms with van der Waals surface area (Å²) >= 11 is 1.49. The van der Waals surface area contributed by atoms with Gasteiger partial charge in [0, 0.05) is 22.8 Å². The molecule has 27 heavy (non-hydrogen) atoms. The Morgan fingerprint density at radius 1 is 1.19 bits per heavy atom. The number of nitrogens with zero attached hydrogens (tertiary/aromatic N) is 2. The van der Waals surface area contributed by atoms with E-state index in [0.717, 1.165) is 29.0 Å². The third-order valence-electron chi connectivity index (χ3n) is 3.98. The van der Waals surface area contributed by atoms with Gasteiger partial charge in [-0.1, -0.05) is 13.3 Å². The molecule has 0 saturated heterocycles. The van der Waals surface area contributed by atoms with E-state index in [1.807, 2.05) is 18.2 Å². The van der Waals surface area contributed by atoms with Gasteiger partial charge in [-0.25, -0.2) is 4.98 Å². The highest BCUT2D eigenvalue weighted by atomic mass is 32.1. The molecule has 3 aromatic rings. The number of hydrogen-bond acceptors (Lipinski definition) is 6. The molecular weight excluding hydrogens is 362 g/mol. The molecule has 0 spiro atoms. The fraction of sp³-hybridized carbons (Fsp3) is 0.250. The third-order valence-corrected chi connectivity index (χ3v) is 5.01. The van der Waals surface area contributed by atoms with Crippen LogP contribution in [0.4, 0.5) is 5.13 Å². The van der Waals surface area contributed by atoms with Crippen LogP contribution in [0.5, 0.6) is 11.5 Å². The summed E-state index contributed by atoms with van der Waals surface area (Å²) in [6.45, 7) is 2.12. The Morgan fingerprint density at radius 2 is 2.00 bits per heavy atom. The van der Waals surface area contributed by atoms with Gasteiger partial charge in [-0.3, -0.25) is 15.1 Å². The third kappa shape index (κ3) is 4.25. The van der Waals surface area contributed by atoms with E-state index in [1.165, 1.54) is 17.5 Å². The van der Waals surface area contributed by atoms with E-state index in [0.29, 0.717) is 22.2 Å². The lowest BCUT2D eigenvalue weighted by atomic mass is 10.1. The summed E-state index contributed by atoms with van der Waals surface area (Å²) in [5, 5.41) is 3.44. The topological polar surface area (TPSA) is 73.3 Å². The van der Waals surface area contributed by atoms with Crippen molar-refractivity contribution in [2.24, 2.45) is 0 Å². The molecule has 2 aromatic heterocycles. The number of ether oxygens (including phenoxy) is 2. The van der Waals surface area contributed by atoms with Gasteiger partial charge in [0.25, 0.3) is 5.91 Å². The Bertz CT molecular complexity index is 925. The number of amides is 1. The summed E-state index contributed by atoms with van der Waals surface area (Å²) < 4.78 is 10.7. The molecule has 6 nitrogen and oxygen atoms in total. The molecule has 0 aliphatic carbocycles.